The molecule has 3 N–H and O–H groups in total. The maximum atomic E-state index is 11.9. The van der Waals surface area contributed by atoms with Crippen molar-refractivity contribution in [1.82, 2.24) is 0 Å². The third-order valence-corrected chi connectivity index (χ3v) is 3.46. The van der Waals surface area contributed by atoms with Crippen LogP contribution in [0.4, 0.5) is 11.4 Å². The molecule has 0 aromatic heterocycles. The molecule has 0 aliphatic rings. The van der Waals surface area contributed by atoms with E-state index in [2.05, 4.69) is 5.32 Å². The van der Waals surface area contributed by atoms with Crippen molar-refractivity contribution in [3.05, 3.63) is 63.6 Å². The molecule has 2 rings (SSSR count). The van der Waals surface area contributed by atoms with Gasteiger partial charge in [-0.15, -0.1) is 0 Å². The Kier molecular flexibility index (Phi) is 4.89. The average molecular weight is 321 g/mol. The minimum absolute atomic E-state index is 0.255. The molecule has 0 fully saturated rings. The highest BCUT2D eigenvalue weighted by Crippen LogP contribution is 2.22. The molecule has 3 nitrogen and oxygen atoms in total. The summed E-state index contributed by atoms with van der Waals surface area (Å²) in [4.78, 5) is 11.9. The highest BCUT2D eigenvalue weighted by atomic mass is 35.5. The summed E-state index contributed by atoms with van der Waals surface area (Å²) in [5.74, 6) is -0.255. The van der Waals surface area contributed by atoms with Gasteiger partial charge in [-0.1, -0.05) is 35.3 Å². The van der Waals surface area contributed by atoms with Crippen LogP contribution in [0, 0.1) is 6.92 Å². The Morgan fingerprint density at radius 1 is 1.19 bits per heavy atom. The predicted octanol–water partition coefficient (Wildman–Crippen LogP) is 4.54. The minimum atomic E-state index is -0.255. The van der Waals surface area contributed by atoms with Crippen molar-refractivity contribution in [2.24, 2.45) is 0 Å². The smallest absolute Gasteiger partial charge is 0.248 e. The number of hydrogen-bond donors (Lipinski definition) is 2. The van der Waals surface area contributed by atoms with Crippen LogP contribution < -0.4 is 11.1 Å². The number of nitrogens with one attached hydrogen (secondary N) is 1. The summed E-state index contributed by atoms with van der Waals surface area (Å²) in [6.07, 6.45) is 3.05. The largest absolute Gasteiger partial charge is 0.399 e. The number of hydrogen-bond acceptors (Lipinski definition) is 2. The molecular weight excluding hydrogens is 307 g/mol. The average Bonchev–Trinajstić information content (AvgIpc) is 2.42. The predicted molar refractivity (Wildman–Crippen MR) is 89.7 cm³/mol. The van der Waals surface area contributed by atoms with Gasteiger partial charge in [0.15, 0.2) is 0 Å². The van der Waals surface area contributed by atoms with Crippen LogP contribution in [0.15, 0.2) is 42.5 Å². The molecule has 0 aliphatic carbocycles. The van der Waals surface area contributed by atoms with Crippen molar-refractivity contribution in [3.8, 4) is 0 Å². The molecule has 0 aliphatic heterocycles. The minimum Gasteiger partial charge on any atom is -0.399 e. The van der Waals surface area contributed by atoms with E-state index in [1.54, 1.807) is 36.4 Å². The van der Waals surface area contributed by atoms with Gasteiger partial charge in [0.2, 0.25) is 5.91 Å². The summed E-state index contributed by atoms with van der Waals surface area (Å²) < 4.78 is 0. The number of halogens is 2. The van der Waals surface area contributed by atoms with E-state index in [1.807, 2.05) is 13.0 Å². The second-order valence-corrected chi connectivity index (χ2v) is 5.41. The van der Waals surface area contributed by atoms with Crippen molar-refractivity contribution in [2.75, 3.05) is 11.1 Å². The van der Waals surface area contributed by atoms with Crippen LogP contribution in [0.5, 0.6) is 0 Å². The number of amides is 1. The Balaban J connectivity index is 2.11. The number of nitrogens with two attached hydrogens (primary N) is 1. The third-order valence-electron chi connectivity index (χ3n) is 2.90. The molecule has 108 valence electrons. The molecule has 0 unspecified atom stereocenters. The molecule has 1 amide bonds. The molecule has 0 spiro atoms. The fourth-order valence-electron chi connectivity index (χ4n) is 1.75. The van der Waals surface area contributed by atoms with E-state index >= 15 is 0 Å². The lowest BCUT2D eigenvalue weighted by Crippen LogP contribution is -2.09. The molecule has 0 radical (unpaired) electrons. The molecule has 5 heteroatoms. The summed E-state index contributed by atoms with van der Waals surface area (Å²) in [6.45, 7) is 1.90. The number of rotatable bonds is 3. The topological polar surface area (TPSA) is 55.1 Å². The summed E-state index contributed by atoms with van der Waals surface area (Å²) >= 11 is 11.9. The second kappa shape index (κ2) is 6.66. The quantitative estimate of drug-likeness (QED) is 0.644. The first kappa shape index (κ1) is 15.4. The highest BCUT2D eigenvalue weighted by molar-refractivity contribution is 6.35. The van der Waals surface area contributed by atoms with Crippen LogP contribution in [0.2, 0.25) is 10.0 Å². The van der Waals surface area contributed by atoms with Gasteiger partial charge in [-0.25, -0.2) is 0 Å². The van der Waals surface area contributed by atoms with Crippen LogP contribution in [-0.2, 0) is 4.79 Å². The van der Waals surface area contributed by atoms with Gasteiger partial charge in [-0.3, -0.25) is 4.79 Å². The molecule has 21 heavy (non-hydrogen) atoms. The first-order valence-electron chi connectivity index (χ1n) is 6.26. The summed E-state index contributed by atoms with van der Waals surface area (Å²) in [5.41, 5.74) is 8.65. The van der Waals surface area contributed by atoms with Gasteiger partial charge in [-0.05, 0) is 48.4 Å². The molecule has 2 aromatic carbocycles. The van der Waals surface area contributed by atoms with E-state index in [4.69, 9.17) is 28.9 Å². The summed E-state index contributed by atoms with van der Waals surface area (Å²) in [7, 11) is 0. The van der Waals surface area contributed by atoms with Gasteiger partial charge >= 0.3 is 0 Å². The monoisotopic (exact) mass is 320 g/mol. The van der Waals surface area contributed by atoms with E-state index in [0.29, 0.717) is 21.4 Å². The normalized spacial score (nSPS) is 10.8. The van der Waals surface area contributed by atoms with Crippen LogP contribution in [-0.4, -0.2) is 5.91 Å². The Hall–Kier alpha value is -1.97. The molecule has 0 heterocycles. The van der Waals surface area contributed by atoms with Crippen LogP contribution >= 0.6 is 23.2 Å². The Bertz CT molecular complexity index is 711. The first-order chi connectivity index (χ1) is 9.95. The van der Waals surface area contributed by atoms with Gasteiger partial charge in [-0.2, -0.15) is 0 Å². The number of benzene rings is 2. The second-order valence-electron chi connectivity index (χ2n) is 4.56. The van der Waals surface area contributed by atoms with Crippen LogP contribution in [0.3, 0.4) is 0 Å². The van der Waals surface area contributed by atoms with Gasteiger partial charge in [0, 0.05) is 27.5 Å². The molecule has 0 saturated carbocycles. The van der Waals surface area contributed by atoms with Gasteiger partial charge in [0.05, 0.1) is 0 Å². The maximum Gasteiger partial charge on any atom is 0.248 e. The fraction of sp³-hybridized carbons (Fsp3) is 0.0625. The standard InChI is InChI=1S/C16H14Cl2N2O/c1-10-2-6-13(19)9-15(10)20-16(21)7-4-11-3-5-12(17)8-14(11)18/h2-9H,19H2,1H3,(H,20,21)/b7-4+. The zero-order valence-corrected chi connectivity index (χ0v) is 12.9. The van der Waals surface area contributed by atoms with Gasteiger partial charge < -0.3 is 11.1 Å². The molecule has 0 bridgehead atoms. The SMILES string of the molecule is Cc1ccc(N)cc1NC(=O)/C=C/c1ccc(Cl)cc1Cl. The number of anilines is 2. The lowest BCUT2D eigenvalue weighted by molar-refractivity contribution is -0.111. The summed E-state index contributed by atoms with van der Waals surface area (Å²) in [6, 6.07) is 10.4. The number of aryl methyl sites for hydroxylation is 1. The fourth-order valence-corrected chi connectivity index (χ4v) is 2.22. The van der Waals surface area contributed by atoms with Crippen molar-refractivity contribution in [2.45, 2.75) is 6.92 Å². The Labute approximate surface area is 133 Å². The first-order valence-corrected chi connectivity index (χ1v) is 7.01. The number of carbonyl (C=O) groups excluding carboxylic acids is 1. The zero-order chi connectivity index (χ0) is 15.4. The lowest BCUT2D eigenvalue weighted by Gasteiger charge is -2.07. The Morgan fingerprint density at radius 2 is 1.95 bits per heavy atom. The molecule has 2 aromatic rings. The van der Waals surface area contributed by atoms with Crippen molar-refractivity contribution >= 4 is 46.6 Å². The van der Waals surface area contributed by atoms with E-state index in [9.17, 15) is 4.79 Å². The number of nitrogen functional groups attached to an aromatic ring is 1. The van der Waals surface area contributed by atoms with Crippen molar-refractivity contribution in [3.63, 3.8) is 0 Å². The maximum absolute atomic E-state index is 11.9. The van der Waals surface area contributed by atoms with E-state index in [1.165, 1.54) is 6.08 Å². The van der Waals surface area contributed by atoms with Crippen LogP contribution in [0.1, 0.15) is 11.1 Å². The molecule has 0 saturated heterocycles. The van der Waals surface area contributed by atoms with Gasteiger partial charge in [0.1, 0.15) is 0 Å². The van der Waals surface area contributed by atoms with E-state index in [0.717, 1.165) is 11.1 Å². The molecule has 0 atom stereocenters. The third kappa shape index (κ3) is 4.25. The van der Waals surface area contributed by atoms with Crippen molar-refractivity contribution < 1.29 is 4.79 Å². The van der Waals surface area contributed by atoms with Crippen molar-refractivity contribution in [1.29, 1.82) is 0 Å². The van der Waals surface area contributed by atoms with Gasteiger partial charge in [0.25, 0.3) is 0 Å². The van der Waals surface area contributed by atoms with E-state index in [-0.39, 0.29) is 5.91 Å². The summed E-state index contributed by atoms with van der Waals surface area (Å²) in [5, 5.41) is 3.82. The van der Waals surface area contributed by atoms with E-state index < -0.39 is 0 Å². The number of carbonyl (C=O) groups is 1. The highest BCUT2D eigenvalue weighted by Gasteiger charge is 2.03. The molecular formula is C16H14Cl2N2O. The van der Waals surface area contributed by atoms with Crippen LogP contribution in [0.25, 0.3) is 6.08 Å². The lowest BCUT2D eigenvalue weighted by atomic mass is 10.1. The Morgan fingerprint density at radius 3 is 2.67 bits per heavy atom. The zero-order valence-electron chi connectivity index (χ0n) is 11.4.